The summed E-state index contributed by atoms with van der Waals surface area (Å²) in [5.41, 5.74) is 2.81. The lowest BCUT2D eigenvalue weighted by Crippen LogP contribution is -2.38. The Bertz CT molecular complexity index is 1390. The molecule has 1 atom stereocenters. The number of carbonyl (C=O) groups excluding carboxylic acids is 2. The second-order valence-electron chi connectivity index (χ2n) is 8.23. The third-order valence-electron chi connectivity index (χ3n) is 6.11. The molecule has 2 aromatic heterocycles. The first kappa shape index (κ1) is 21.7. The number of anilines is 1. The molecule has 5 rings (SSSR count). The third-order valence-corrected chi connectivity index (χ3v) is 6.11. The van der Waals surface area contributed by atoms with Crippen molar-refractivity contribution in [2.24, 2.45) is 0 Å². The van der Waals surface area contributed by atoms with E-state index in [1.54, 1.807) is 25.6 Å². The Morgan fingerprint density at radius 3 is 2.59 bits per heavy atom. The molecule has 4 aromatic rings. The molecule has 34 heavy (non-hydrogen) atoms. The van der Waals surface area contributed by atoms with Gasteiger partial charge in [0.05, 0.1) is 23.1 Å². The van der Waals surface area contributed by atoms with Gasteiger partial charge in [-0.15, -0.1) is 0 Å². The van der Waals surface area contributed by atoms with Crippen LogP contribution in [-0.4, -0.2) is 44.6 Å². The van der Waals surface area contributed by atoms with E-state index in [1.807, 2.05) is 18.2 Å². The van der Waals surface area contributed by atoms with E-state index in [4.69, 9.17) is 0 Å². The van der Waals surface area contributed by atoms with Gasteiger partial charge in [0, 0.05) is 42.3 Å². The zero-order chi connectivity index (χ0) is 24.0. The minimum atomic E-state index is -4.39. The number of likely N-dealkylation sites (tertiary alicyclic amines) is 1. The maximum absolute atomic E-state index is 12.8. The lowest BCUT2D eigenvalue weighted by molar-refractivity contribution is -0.137. The van der Waals surface area contributed by atoms with Gasteiger partial charge in [-0.2, -0.15) is 18.3 Å². The second-order valence-corrected chi connectivity index (χ2v) is 8.23. The summed E-state index contributed by atoms with van der Waals surface area (Å²) in [7, 11) is 1.63. The van der Waals surface area contributed by atoms with Gasteiger partial charge in [0.1, 0.15) is 6.04 Å². The summed E-state index contributed by atoms with van der Waals surface area (Å²) < 4.78 is 40.0. The van der Waals surface area contributed by atoms with Crippen molar-refractivity contribution >= 4 is 28.4 Å². The number of rotatable bonds is 4. The van der Waals surface area contributed by atoms with Crippen LogP contribution in [0.25, 0.3) is 27.7 Å². The van der Waals surface area contributed by atoms with E-state index in [2.05, 4.69) is 15.4 Å². The Kier molecular flexibility index (Phi) is 5.15. The lowest BCUT2D eigenvalue weighted by atomic mass is 10.1. The van der Waals surface area contributed by atoms with Crippen molar-refractivity contribution in [3.05, 3.63) is 66.6 Å². The Balaban J connectivity index is 1.39. The summed E-state index contributed by atoms with van der Waals surface area (Å²) in [6.07, 6.45) is 1.51. The Morgan fingerprint density at radius 2 is 1.91 bits per heavy atom. The molecule has 0 bridgehead atoms. The molecule has 2 N–H and O–H groups in total. The van der Waals surface area contributed by atoms with Crippen LogP contribution in [-0.2, 0) is 15.8 Å². The molecule has 3 heterocycles. The smallest absolute Gasteiger partial charge is 0.359 e. The molecule has 2 amide bonds. The molecule has 1 aliphatic rings. The first-order chi connectivity index (χ1) is 16.2. The number of carbonyl (C=O) groups is 2. The van der Waals surface area contributed by atoms with Crippen LogP contribution in [0.2, 0.25) is 0 Å². The number of halogens is 3. The largest absolute Gasteiger partial charge is 0.416 e. The number of alkyl halides is 3. The molecule has 1 unspecified atom stereocenters. The summed E-state index contributed by atoms with van der Waals surface area (Å²) in [4.78, 5) is 29.0. The first-order valence-corrected chi connectivity index (χ1v) is 10.6. The second kappa shape index (κ2) is 8.05. The van der Waals surface area contributed by atoms with Gasteiger partial charge in [-0.25, -0.2) is 4.68 Å². The van der Waals surface area contributed by atoms with Crippen LogP contribution in [0.1, 0.15) is 18.4 Å². The minimum absolute atomic E-state index is 0.0496. The van der Waals surface area contributed by atoms with Crippen LogP contribution in [0.3, 0.4) is 0 Å². The molecule has 10 heteroatoms. The number of fused-ring (bicyclic) bond motifs is 1. The van der Waals surface area contributed by atoms with Gasteiger partial charge >= 0.3 is 6.18 Å². The van der Waals surface area contributed by atoms with E-state index in [9.17, 15) is 22.8 Å². The average Bonchev–Trinajstić information content (AvgIpc) is 3.53. The fourth-order valence-corrected chi connectivity index (χ4v) is 4.15. The zero-order valence-electron chi connectivity index (χ0n) is 18.1. The molecule has 0 aliphatic carbocycles. The average molecular weight is 467 g/mol. The molecule has 1 fully saturated rings. The van der Waals surface area contributed by atoms with Crippen LogP contribution >= 0.6 is 0 Å². The van der Waals surface area contributed by atoms with Gasteiger partial charge in [-0.1, -0.05) is 6.07 Å². The Morgan fingerprint density at radius 1 is 1.15 bits per heavy atom. The van der Waals surface area contributed by atoms with Gasteiger partial charge < -0.3 is 15.2 Å². The number of amides is 2. The molecule has 1 aliphatic heterocycles. The van der Waals surface area contributed by atoms with E-state index < -0.39 is 17.8 Å². The van der Waals surface area contributed by atoms with Gasteiger partial charge in [0.15, 0.2) is 0 Å². The highest BCUT2D eigenvalue weighted by Crippen LogP contribution is 2.31. The van der Waals surface area contributed by atoms with Crippen LogP contribution in [0.5, 0.6) is 0 Å². The predicted molar refractivity (Wildman–Crippen MR) is 120 cm³/mol. The standard InChI is InChI=1S/C24H20F3N5O2/c1-31-21(8-9-22(31)33)23(34)30-20-12-28-19-7-2-14(10-18(19)20)15-11-29-32(13-15)17-5-3-16(4-6-17)24(25,26)27/h2-7,10-13,21,28H,8-9H2,1H3,(H,30,34). The number of nitrogens with zero attached hydrogens (tertiary/aromatic N) is 3. The highest BCUT2D eigenvalue weighted by Gasteiger charge is 2.33. The predicted octanol–water partition coefficient (Wildman–Crippen LogP) is 4.60. The number of nitrogens with one attached hydrogen (secondary N) is 2. The van der Waals surface area contributed by atoms with Crippen LogP contribution in [0, 0.1) is 0 Å². The fourth-order valence-electron chi connectivity index (χ4n) is 4.15. The number of aromatic amines is 1. The third kappa shape index (κ3) is 3.91. The quantitative estimate of drug-likeness (QED) is 0.460. The normalized spacial score (nSPS) is 16.4. The summed E-state index contributed by atoms with van der Waals surface area (Å²) in [6, 6.07) is 9.95. The molecular formula is C24H20F3N5O2. The van der Waals surface area contributed by atoms with Gasteiger partial charge in [0.2, 0.25) is 11.8 Å². The summed E-state index contributed by atoms with van der Waals surface area (Å²) >= 11 is 0. The highest BCUT2D eigenvalue weighted by molar-refractivity contribution is 6.05. The maximum atomic E-state index is 12.8. The van der Waals surface area contributed by atoms with Crippen molar-refractivity contribution in [2.45, 2.75) is 25.1 Å². The van der Waals surface area contributed by atoms with Gasteiger partial charge in [-0.3, -0.25) is 9.59 Å². The summed E-state index contributed by atoms with van der Waals surface area (Å²) in [5.74, 6) is -0.291. The zero-order valence-corrected chi connectivity index (χ0v) is 18.1. The van der Waals surface area contributed by atoms with E-state index in [1.165, 1.54) is 21.7 Å². The van der Waals surface area contributed by atoms with Crippen molar-refractivity contribution in [3.63, 3.8) is 0 Å². The molecule has 1 saturated heterocycles. The number of likely N-dealkylation sites (N-methyl/N-ethyl adjacent to an activating group) is 1. The van der Waals surface area contributed by atoms with Gasteiger partial charge in [0.25, 0.3) is 0 Å². The monoisotopic (exact) mass is 467 g/mol. The number of hydrogen-bond acceptors (Lipinski definition) is 3. The summed E-state index contributed by atoms with van der Waals surface area (Å²) in [6.45, 7) is 0. The molecule has 7 nitrogen and oxygen atoms in total. The van der Waals surface area contributed by atoms with E-state index in [0.717, 1.165) is 34.2 Å². The van der Waals surface area contributed by atoms with Crippen LogP contribution < -0.4 is 5.32 Å². The number of hydrogen-bond donors (Lipinski definition) is 2. The number of benzene rings is 2. The number of aromatic nitrogens is 3. The van der Waals surface area contributed by atoms with Crippen molar-refractivity contribution < 1.29 is 22.8 Å². The highest BCUT2D eigenvalue weighted by atomic mass is 19.4. The molecule has 174 valence electrons. The SMILES string of the molecule is CN1C(=O)CCC1C(=O)Nc1c[nH]c2ccc(-c3cnn(-c4ccc(C(F)(F)F)cc4)c3)cc12. The molecule has 0 spiro atoms. The molecule has 0 radical (unpaired) electrons. The van der Waals surface area contributed by atoms with E-state index in [0.29, 0.717) is 24.2 Å². The Hall–Kier alpha value is -4.08. The van der Waals surface area contributed by atoms with Gasteiger partial charge in [-0.05, 0) is 48.4 Å². The molecule has 2 aromatic carbocycles. The maximum Gasteiger partial charge on any atom is 0.416 e. The van der Waals surface area contributed by atoms with Crippen molar-refractivity contribution in [1.29, 1.82) is 0 Å². The van der Waals surface area contributed by atoms with E-state index in [-0.39, 0.29) is 11.8 Å². The minimum Gasteiger partial charge on any atom is -0.359 e. The Labute approximate surface area is 192 Å². The van der Waals surface area contributed by atoms with E-state index >= 15 is 0 Å². The topological polar surface area (TPSA) is 83.0 Å². The first-order valence-electron chi connectivity index (χ1n) is 10.6. The summed E-state index contributed by atoms with van der Waals surface area (Å²) in [5, 5.41) is 7.98. The van der Waals surface area contributed by atoms with Crippen molar-refractivity contribution in [1.82, 2.24) is 19.7 Å². The number of H-pyrrole nitrogens is 1. The van der Waals surface area contributed by atoms with Crippen LogP contribution in [0.15, 0.2) is 61.1 Å². The molecule has 0 saturated carbocycles. The molecular weight excluding hydrogens is 447 g/mol. The van der Waals surface area contributed by atoms with Crippen molar-refractivity contribution in [3.8, 4) is 16.8 Å². The van der Waals surface area contributed by atoms with Crippen LogP contribution in [0.4, 0.5) is 18.9 Å². The lowest BCUT2D eigenvalue weighted by Gasteiger charge is -2.18. The van der Waals surface area contributed by atoms with Crippen molar-refractivity contribution in [2.75, 3.05) is 12.4 Å². The fraction of sp³-hybridized carbons (Fsp3) is 0.208.